The van der Waals surface area contributed by atoms with Gasteiger partial charge in [-0.15, -0.1) is 0 Å². The first kappa shape index (κ1) is 35.8. The van der Waals surface area contributed by atoms with E-state index in [0.717, 1.165) is 51.4 Å². The standard InChI is InChI=1S/C37H44O8S2/c1-29(2)45-33-17-25-37(26-18-33)47(41,42)36-23-15-32(16-24-36)44-28-10-8-6-4-3-5-7-9-27-43-31-13-21-35(22-14-31)46(39,40)34-19-11-30(38)12-20-34/h11-26,29,38H,3-10,27-28H2,1-2H3. The zero-order chi connectivity index (χ0) is 33.7. The first-order valence-electron chi connectivity index (χ1n) is 16.1. The normalized spacial score (nSPS) is 11.8. The molecule has 0 saturated heterocycles. The summed E-state index contributed by atoms with van der Waals surface area (Å²) in [7, 11) is -7.26. The molecular weight excluding hydrogens is 637 g/mol. The number of phenolic OH excluding ortho intramolecular Hbond substituents is 1. The zero-order valence-electron chi connectivity index (χ0n) is 27.0. The number of aromatic hydroxyl groups is 1. The highest BCUT2D eigenvalue weighted by Crippen LogP contribution is 2.26. The van der Waals surface area contributed by atoms with Crippen molar-refractivity contribution in [1.82, 2.24) is 0 Å². The van der Waals surface area contributed by atoms with E-state index in [1.165, 1.54) is 36.4 Å². The Kier molecular flexibility index (Phi) is 13.1. The summed E-state index contributed by atoms with van der Waals surface area (Å²) in [6.07, 6.45) is 8.62. The minimum absolute atomic E-state index is 0.0177. The summed E-state index contributed by atoms with van der Waals surface area (Å²) in [5.74, 6) is 1.94. The second-order valence-corrected chi connectivity index (χ2v) is 15.5. The fourth-order valence-corrected chi connectivity index (χ4v) is 7.46. The Morgan fingerprint density at radius 1 is 0.468 bits per heavy atom. The van der Waals surface area contributed by atoms with Crippen LogP contribution in [0.15, 0.2) is 117 Å². The van der Waals surface area contributed by atoms with Crippen molar-refractivity contribution in [3.8, 4) is 23.0 Å². The molecule has 0 aliphatic heterocycles. The van der Waals surface area contributed by atoms with Crippen molar-refractivity contribution < 1.29 is 36.2 Å². The number of unbranched alkanes of at least 4 members (excludes halogenated alkanes) is 7. The molecule has 0 heterocycles. The van der Waals surface area contributed by atoms with E-state index in [-0.39, 0.29) is 31.4 Å². The van der Waals surface area contributed by atoms with Gasteiger partial charge in [-0.3, -0.25) is 0 Å². The first-order chi connectivity index (χ1) is 22.6. The van der Waals surface area contributed by atoms with Crippen molar-refractivity contribution in [1.29, 1.82) is 0 Å². The van der Waals surface area contributed by atoms with Crippen LogP contribution in [0.2, 0.25) is 0 Å². The molecule has 4 rings (SSSR count). The van der Waals surface area contributed by atoms with Gasteiger partial charge in [-0.05, 0) is 124 Å². The molecule has 4 aromatic carbocycles. The maximum absolute atomic E-state index is 13.0. The molecule has 8 nitrogen and oxygen atoms in total. The van der Waals surface area contributed by atoms with Gasteiger partial charge in [-0.2, -0.15) is 0 Å². The molecule has 0 fully saturated rings. The summed E-state index contributed by atoms with van der Waals surface area (Å²) in [6.45, 7) is 5.01. The molecule has 4 aromatic rings. The molecule has 0 atom stereocenters. The maximum atomic E-state index is 13.0. The molecule has 0 spiro atoms. The quantitative estimate of drug-likeness (QED) is 0.0982. The Morgan fingerprint density at radius 3 is 1.11 bits per heavy atom. The number of hydrogen-bond acceptors (Lipinski definition) is 8. The molecule has 0 unspecified atom stereocenters. The van der Waals surface area contributed by atoms with Gasteiger partial charge in [0.05, 0.1) is 38.9 Å². The number of sulfone groups is 2. The van der Waals surface area contributed by atoms with Crippen molar-refractivity contribution in [2.75, 3.05) is 13.2 Å². The average molecular weight is 681 g/mol. The first-order valence-corrected chi connectivity index (χ1v) is 19.0. The van der Waals surface area contributed by atoms with Gasteiger partial charge in [-0.1, -0.05) is 38.5 Å². The molecule has 0 aliphatic rings. The van der Waals surface area contributed by atoms with Crippen LogP contribution in [0, 0.1) is 0 Å². The zero-order valence-corrected chi connectivity index (χ0v) is 28.6. The Morgan fingerprint density at radius 2 is 0.766 bits per heavy atom. The highest BCUT2D eigenvalue weighted by atomic mass is 32.2. The smallest absolute Gasteiger partial charge is 0.206 e. The second kappa shape index (κ2) is 17.2. The predicted molar refractivity (Wildman–Crippen MR) is 182 cm³/mol. The van der Waals surface area contributed by atoms with Crippen molar-refractivity contribution in [2.24, 2.45) is 0 Å². The Labute approximate surface area is 279 Å². The van der Waals surface area contributed by atoms with Gasteiger partial charge in [0.25, 0.3) is 0 Å². The fraction of sp³-hybridized carbons (Fsp3) is 0.351. The minimum atomic E-state index is -3.64. The van der Waals surface area contributed by atoms with Gasteiger partial charge in [0.1, 0.15) is 23.0 Å². The topological polar surface area (TPSA) is 116 Å². The highest BCUT2D eigenvalue weighted by molar-refractivity contribution is 7.91. The van der Waals surface area contributed by atoms with Crippen LogP contribution in [-0.2, 0) is 19.7 Å². The molecule has 0 aromatic heterocycles. The second-order valence-electron chi connectivity index (χ2n) is 11.6. The van der Waals surface area contributed by atoms with Crippen LogP contribution in [0.25, 0.3) is 0 Å². The molecule has 0 amide bonds. The van der Waals surface area contributed by atoms with Crippen LogP contribution in [0.1, 0.15) is 65.2 Å². The van der Waals surface area contributed by atoms with E-state index in [0.29, 0.717) is 30.5 Å². The summed E-state index contributed by atoms with van der Waals surface area (Å²) in [6, 6.07) is 24.9. The van der Waals surface area contributed by atoms with E-state index >= 15 is 0 Å². The Balaban J connectivity index is 1.03. The summed E-state index contributed by atoms with van der Waals surface area (Å²) < 4.78 is 68.6. The van der Waals surface area contributed by atoms with Gasteiger partial charge in [0.2, 0.25) is 19.7 Å². The number of hydrogen-bond donors (Lipinski definition) is 1. The average Bonchev–Trinajstić information content (AvgIpc) is 3.06. The summed E-state index contributed by atoms with van der Waals surface area (Å²) in [5.41, 5.74) is 0. The number of rotatable bonds is 19. The van der Waals surface area contributed by atoms with Crippen LogP contribution in [-0.4, -0.2) is 41.3 Å². The lowest BCUT2D eigenvalue weighted by molar-refractivity contribution is 0.242. The van der Waals surface area contributed by atoms with Crippen molar-refractivity contribution in [2.45, 2.75) is 90.9 Å². The number of phenols is 1. The van der Waals surface area contributed by atoms with Gasteiger partial charge < -0.3 is 19.3 Å². The molecule has 0 saturated carbocycles. The maximum Gasteiger partial charge on any atom is 0.206 e. The van der Waals surface area contributed by atoms with Crippen LogP contribution < -0.4 is 14.2 Å². The molecule has 10 heteroatoms. The van der Waals surface area contributed by atoms with Crippen molar-refractivity contribution in [3.63, 3.8) is 0 Å². The minimum Gasteiger partial charge on any atom is -0.508 e. The highest BCUT2D eigenvalue weighted by Gasteiger charge is 2.19. The van der Waals surface area contributed by atoms with Crippen LogP contribution in [0.4, 0.5) is 0 Å². The van der Waals surface area contributed by atoms with Crippen LogP contribution >= 0.6 is 0 Å². The lowest BCUT2D eigenvalue weighted by Crippen LogP contribution is -2.06. The summed E-state index contributed by atoms with van der Waals surface area (Å²) in [4.78, 5) is 0.761. The Hall–Kier alpha value is -4.02. The molecule has 47 heavy (non-hydrogen) atoms. The molecular formula is C37H44O8S2. The third kappa shape index (κ3) is 10.8. The van der Waals surface area contributed by atoms with Gasteiger partial charge in [0.15, 0.2) is 0 Å². The van der Waals surface area contributed by atoms with E-state index in [1.54, 1.807) is 60.7 Å². The number of ether oxygens (including phenoxy) is 3. The van der Waals surface area contributed by atoms with Gasteiger partial charge >= 0.3 is 0 Å². The lowest BCUT2D eigenvalue weighted by atomic mass is 10.1. The van der Waals surface area contributed by atoms with E-state index in [1.807, 2.05) is 13.8 Å². The third-order valence-electron chi connectivity index (χ3n) is 7.50. The van der Waals surface area contributed by atoms with Crippen LogP contribution in [0.5, 0.6) is 23.0 Å². The molecule has 0 radical (unpaired) electrons. The SMILES string of the molecule is CC(C)Oc1ccc(S(=O)(=O)c2ccc(OCCCCCCCCCCOc3ccc(S(=O)(=O)c4ccc(O)cc4)cc3)cc2)cc1. The van der Waals surface area contributed by atoms with E-state index in [2.05, 4.69) is 0 Å². The Bertz CT molecular complexity index is 1730. The third-order valence-corrected chi connectivity index (χ3v) is 11.1. The van der Waals surface area contributed by atoms with Gasteiger partial charge in [0, 0.05) is 0 Å². The molecule has 1 N–H and O–H groups in total. The van der Waals surface area contributed by atoms with Crippen LogP contribution in [0.3, 0.4) is 0 Å². The molecule has 0 aliphatic carbocycles. The monoisotopic (exact) mass is 680 g/mol. The largest absolute Gasteiger partial charge is 0.508 e. The summed E-state index contributed by atoms with van der Waals surface area (Å²) >= 11 is 0. The molecule has 252 valence electrons. The van der Waals surface area contributed by atoms with E-state index in [4.69, 9.17) is 14.2 Å². The van der Waals surface area contributed by atoms with Crippen molar-refractivity contribution >= 4 is 19.7 Å². The van der Waals surface area contributed by atoms with Crippen molar-refractivity contribution in [3.05, 3.63) is 97.1 Å². The van der Waals surface area contributed by atoms with Gasteiger partial charge in [-0.25, -0.2) is 16.8 Å². The fourth-order valence-electron chi connectivity index (χ4n) is 4.94. The van der Waals surface area contributed by atoms with E-state index < -0.39 is 19.7 Å². The summed E-state index contributed by atoms with van der Waals surface area (Å²) in [5, 5.41) is 9.40. The van der Waals surface area contributed by atoms with E-state index in [9.17, 15) is 21.9 Å². The number of benzene rings is 4. The predicted octanol–water partition coefficient (Wildman–Crippen LogP) is 8.42. The lowest BCUT2D eigenvalue weighted by Gasteiger charge is -2.11. The molecule has 0 bridgehead atoms.